The van der Waals surface area contributed by atoms with E-state index in [4.69, 9.17) is 9.98 Å². The molecule has 216 valence electrons. The van der Waals surface area contributed by atoms with Crippen LogP contribution in [-0.4, -0.2) is 11.2 Å². The molecule has 2 nitrogen and oxygen atoms in total. The van der Waals surface area contributed by atoms with Gasteiger partial charge in [0.2, 0.25) is 0 Å². The Morgan fingerprint density at radius 3 is 2.04 bits per heavy atom. The molecule has 1 aromatic heterocycles. The summed E-state index contributed by atoms with van der Waals surface area (Å²) in [4.78, 5) is 10.4. The van der Waals surface area contributed by atoms with E-state index >= 15 is 0 Å². The maximum atomic E-state index is 5.34. The van der Waals surface area contributed by atoms with E-state index < -0.39 is 0 Å². The fourth-order valence-electron chi connectivity index (χ4n) is 6.34. The molecule has 0 unspecified atom stereocenters. The fraction of sp³-hybridized carbons (Fsp3) is 0.0952. The van der Waals surface area contributed by atoms with Gasteiger partial charge >= 0.3 is 0 Å². The van der Waals surface area contributed by atoms with Crippen LogP contribution in [0.25, 0.3) is 64.2 Å². The molecule has 0 amide bonds. The van der Waals surface area contributed by atoms with Crippen molar-refractivity contribution in [2.75, 3.05) is 0 Å². The number of para-hydroxylation sites is 1. The molecule has 1 heterocycles. The van der Waals surface area contributed by atoms with E-state index in [1.165, 1.54) is 53.7 Å². The van der Waals surface area contributed by atoms with Crippen LogP contribution in [-0.2, 0) is 5.41 Å². The molecule has 0 aliphatic rings. The zero-order valence-corrected chi connectivity index (χ0v) is 26.4. The van der Waals surface area contributed by atoms with Crippen molar-refractivity contribution >= 4 is 65.8 Å². The van der Waals surface area contributed by atoms with E-state index in [2.05, 4.69) is 154 Å². The van der Waals surface area contributed by atoms with Crippen molar-refractivity contribution in [2.24, 2.45) is 4.99 Å². The van der Waals surface area contributed by atoms with Gasteiger partial charge in [-0.2, -0.15) is 0 Å². The molecule has 0 aliphatic heterocycles. The minimum atomic E-state index is 0.00249. The molecule has 0 fully saturated rings. The summed E-state index contributed by atoms with van der Waals surface area (Å²) in [6.07, 6.45) is 2.01. The van der Waals surface area contributed by atoms with Crippen molar-refractivity contribution in [1.82, 2.24) is 4.98 Å². The number of nitrogens with zero attached hydrogens (tertiary/aromatic N) is 2. The van der Waals surface area contributed by atoms with Gasteiger partial charge in [-0.25, -0.2) is 4.98 Å². The van der Waals surface area contributed by atoms with Crippen molar-refractivity contribution in [3.63, 3.8) is 0 Å². The van der Waals surface area contributed by atoms with E-state index in [1.807, 2.05) is 6.21 Å². The maximum absolute atomic E-state index is 5.34. The lowest BCUT2D eigenvalue weighted by Gasteiger charge is -2.20. The predicted octanol–water partition coefficient (Wildman–Crippen LogP) is 12.1. The zero-order valence-electron chi connectivity index (χ0n) is 25.6. The highest BCUT2D eigenvalue weighted by molar-refractivity contribution is 7.21. The Hall–Kier alpha value is -5.12. The van der Waals surface area contributed by atoms with Crippen molar-refractivity contribution in [3.8, 4) is 21.7 Å². The number of aromatic nitrogens is 1. The van der Waals surface area contributed by atoms with E-state index in [0.29, 0.717) is 0 Å². The van der Waals surface area contributed by atoms with Crippen LogP contribution in [0.2, 0.25) is 0 Å². The second-order valence-corrected chi connectivity index (χ2v) is 13.7. The molecule has 0 radical (unpaired) electrons. The van der Waals surface area contributed by atoms with E-state index in [-0.39, 0.29) is 5.41 Å². The monoisotopic (exact) mass is 596 g/mol. The molecule has 0 saturated carbocycles. The van der Waals surface area contributed by atoms with Crippen LogP contribution in [0.3, 0.4) is 0 Å². The highest BCUT2D eigenvalue weighted by Crippen LogP contribution is 2.43. The van der Waals surface area contributed by atoms with Crippen molar-refractivity contribution in [1.29, 1.82) is 0 Å². The topological polar surface area (TPSA) is 25.2 Å². The third-order valence-electron chi connectivity index (χ3n) is 8.72. The smallest absolute Gasteiger partial charge is 0.126 e. The van der Waals surface area contributed by atoms with E-state index in [1.54, 1.807) is 11.3 Å². The number of hydrogen-bond acceptors (Lipinski definition) is 3. The highest BCUT2D eigenvalue weighted by atomic mass is 32.1. The van der Waals surface area contributed by atoms with Gasteiger partial charge in [-0.3, -0.25) is 4.99 Å². The summed E-state index contributed by atoms with van der Waals surface area (Å²) in [6, 6.07) is 47.6. The largest absolute Gasteiger partial charge is 0.256 e. The number of hydrogen-bond donors (Lipinski definition) is 0. The maximum Gasteiger partial charge on any atom is 0.126 e. The van der Waals surface area contributed by atoms with Crippen LogP contribution in [0, 0.1) is 0 Å². The second-order valence-electron chi connectivity index (χ2n) is 12.7. The fourth-order valence-corrected chi connectivity index (χ4v) is 7.41. The first kappa shape index (κ1) is 27.4. The lowest BCUT2D eigenvalue weighted by Crippen LogP contribution is -2.11. The third-order valence-corrected chi connectivity index (χ3v) is 9.75. The summed E-state index contributed by atoms with van der Waals surface area (Å²) in [6.45, 7) is 6.84. The molecule has 7 aromatic carbocycles. The zero-order chi connectivity index (χ0) is 30.5. The SMILES string of the molecule is CC(C)(C)c1cc(-c2cccc3ccccc23)c2nc(-c3ccccc3/N=C/c3cc4ccccc4c4ccccc34)sc2c1. The summed E-state index contributed by atoms with van der Waals surface area (Å²) < 4.78 is 1.19. The number of benzene rings is 7. The number of fused-ring (bicyclic) bond motifs is 5. The van der Waals surface area contributed by atoms with Crippen molar-refractivity contribution < 1.29 is 0 Å². The summed E-state index contributed by atoms with van der Waals surface area (Å²) >= 11 is 1.75. The molecule has 3 heteroatoms. The minimum absolute atomic E-state index is 0.00249. The Bertz CT molecular complexity index is 2420. The quantitative estimate of drug-likeness (QED) is 0.147. The second kappa shape index (κ2) is 10.8. The molecule has 45 heavy (non-hydrogen) atoms. The Morgan fingerprint density at radius 1 is 0.578 bits per heavy atom. The summed E-state index contributed by atoms with van der Waals surface area (Å²) in [7, 11) is 0. The van der Waals surface area contributed by atoms with Crippen LogP contribution >= 0.6 is 11.3 Å². The molecular formula is C42H32N2S. The number of thiazole rings is 1. The number of aliphatic imine (C=N–C) groups is 1. The van der Waals surface area contributed by atoms with Gasteiger partial charge in [-0.15, -0.1) is 11.3 Å². The van der Waals surface area contributed by atoms with Crippen LogP contribution < -0.4 is 0 Å². The first-order valence-electron chi connectivity index (χ1n) is 15.4. The van der Waals surface area contributed by atoms with Crippen LogP contribution in [0.5, 0.6) is 0 Å². The van der Waals surface area contributed by atoms with Gasteiger partial charge in [-0.05, 0) is 79.2 Å². The van der Waals surface area contributed by atoms with Gasteiger partial charge in [0.15, 0.2) is 0 Å². The van der Waals surface area contributed by atoms with Gasteiger partial charge in [0, 0.05) is 22.9 Å². The summed E-state index contributed by atoms with van der Waals surface area (Å²) in [5.41, 5.74) is 7.81. The molecule has 8 rings (SSSR count). The molecule has 0 saturated heterocycles. The van der Waals surface area contributed by atoms with Gasteiger partial charge in [0.1, 0.15) is 5.01 Å². The van der Waals surface area contributed by atoms with E-state index in [9.17, 15) is 0 Å². The Balaban J connectivity index is 1.29. The molecular weight excluding hydrogens is 565 g/mol. The average Bonchev–Trinajstić information content (AvgIpc) is 3.51. The summed E-state index contributed by atoms with van der Waals surface area (Å²) in [5, 5.41) is 8.38. The van der Waals surface area contributed by atoms with Crippen LogP contribution in [0.4, 0.5) is 5.69 Å². The highest BCUT2D eigenvalue weighted by Gasteiger charge is 2.21. The Kier molecular flexibility index (Phi) is 6.58. The molecule has 0 bridgehead atoms. The molecule has 0 spiro atoms. The molecule has 0 N–H and O–H groups in total. The average molecular weight is 597 g/mol. The van der Waals surface area contributed by atoms with Gasteiger partial charge < -0.3 is 0 Å². The third kappa shape index (κ3) is 4.90. The lowest BCUT2D eigenvalue weighted by atomic mass is 9.84. The van der Waals surface area contributed by atoms with Crippen molar-refractivity contribution in [3.05, 3.63) is 145 Å². The first-order chi connectivity index (χ1) is 21.9. The minimum Gasteiger partial charge on any atom is -0.256 e. The van der Waals surface area contributed by atoms with Gasteiger partial charge in [-0.1, -0.05) is 124 Å². The van der Waals surface area contributed by atoms with Crippen molar-refractivity contribution in [2.45, 2.75) is 26.2 Å². The standard InChI is InChI=1S/C42H32N2S/c1-42(2,3)30-24-37(35-21-12-15-27-13-4-6-16-31(27)35)40-39(25-30)45-41(44-40)36-20-10-11-22-38(36)43-26-29-23-28-14-5-7-17-32(28)34-19-9-8-18-33(29)34/h4-26H,1-3H3/b43-26+. The molecule has 0 aliphatic carbocycles. The lowest BCUT2D eigenvalue weighted by molar-refractivity contribution is 0.591. The molecule has 8 aromatic rings. The van der Waals surface area contributed by atoms with Crippen LogP contribution in [0.1, 0.15) is 31.9 Å². The Morgan fingerprint density at radius 2 is 1.22 bits per heavy atom. The normalized spacial score (nSPS) is 12.2. The van der Waals surface area contributed by atoms with E-state index in [0.717, 1.165) is 27.3 Å². The first-order valence-corrected chi connectivity index (χ1v) is 16.2. The molecule has 0 atom stereocenters. The predicted molar refractivity (Wildman–Crippen MR) is 195 cm³/mol. The van der Waals surface area contributed by atoms with Gasteiger partial charge in [0.25, 0.3) is 0 Å². The summed E-state index contributed by atoms with van der Waals surface area (Å²) in [5.74, 6) is 0. The van der Waals surface area contributed by atoms with Crippen LogP contribution in [0.15, 0.2) is 138 Å². The van der Waals surface area contributed by atoms with Gasteiger partial charge in [0.05, 0.1) is 15.9 Å². The number of rotatable bonds is 4. The Labute approximate surface area is 267 Å².